The lowest BCUT2D eigenvalue weighted by Gasteiger charge is -2.35. The number of anilines is 1. The molecule has 5 nitrogen and oxygen atoms in total. The number of amides is 1. The van der Waals surface area contributed by atoms with Gasteiger partial charge in [-0.05, 0) is 30.3 Å². The van der Waals surface area contributed by atoms with Gasteiger partial charge in [0.25, 0.3) is 5.91 Å². The number of nitrogens with zero attached hydrogens (tertiary/aromatic N) is 1. The molecule has 0 saturated heterocycles. The van der Waals surface area contributed by atoms with E-state index in [4.69, 9.17) is 21.1 Å². The summed E-state index contributed by atoms with van der Waals surface area (Å²) in [6, 6.07) is 13.2. The number of nitrogens with one attached hydrogen (secondary N) is 1. The van der Waals surface area contributed by atoms with E-state index in [1.54, 1.807) is 20.2 Å². The minimum absolute atomic E-state index is 0.146. The maximum atomic E-state index is 12.0. The van der Waals surface area contributed by atoms with E-state index in [2.05, 4.69) is 10.2 Å². The molecule has 0 aliphatic carbocycles. The zero-order chi connectivity index (χ0) is 17.1. The van der Waals surface area contributed by atoms with Crippen LogP contribution in [0.15, 0.2) is 42.5 Å². The highest BCUT2D eigenvalue weighted by atomic mass is 35.5. The van der Waals surface area contributed by atoms with Crippen molar-refractivity contribution in [1.82, 2.24) is 5.32 Å². The highest BCUT2D eigenvalue weighted by Crippen LogP contribution is 2.35. The molecule has 1 aliphatic heterocycles. The van der Waals surface area contributed by atoms with Crippen molar-refractivity contribution in [1.29, 1.82) is 0 Å². The Labute approximate surface area is 146 Å². The monoisotopic (exact) mass is 346 g/mol. The minimum Gasteiger partial charge on any atom is -0.496 e. The summed E-state index contributed by atoms with van der Waals surface area (Å²) >= 11 is 6.13. The quantitative estimate of drug-likeness (QED) is 0.925. The van der Waals surface area contributed by atoms with Crippen LogP contribution in [-0.2, 0) is 11.3 Å². The molecular formula is C18H19ClN2O3. The summed E-state index contributed by atoms with van der Waals surface area (Å²) in [6.45, 7) is 1.02. The van der Waals surface area contributed by atoms with Gasteiger partial charge < -0.3 is 19.7 Å². The molecule has 0 fully saturated rings. The molecular weight excluding hydrogens is 328 g/mol. The van der Waals surface area contributed by atoms with Gasteiger partial charge in [-0.2, -0.15) is 0 Å². The number of carbonyl (C=O) groups is 1. The molecule has 0 saturated carbocycles. The first-order chi connectivity index (χ1) is 11.6. The Balaban J connectivity index is 1.94. The molecule has 1 heterocycles. The van der Waals surface area contributed by atoms with Gasteiger partial charge in [-0.1, -0.05) is 23.7 Å². The average molecular weight is 347 g/mol. The lowest BCUT2D eigenvalue weighted by atomic mass is 10.1. The van der Waals surface area contributed by atoms with Crippen molar-refractivity contribution in [2.45, 2.75) is 12.6 Å². The second-order valence-electron chi connectivity index (χ2n) is 5.53. The molecule has 0 bridgehead atoms. The molecule has 1 N–H and O–H groups in total. The van der Waals surface area contributed by atoms with Crippen LogP contribution >= 0.6 is 11.6 Å². The number of carbonyl (C=O) groups excluding carboxylic acids is 1. The van der Waals surface area contributed by atoms with Crippen LogP contribution in [0.1, 0.15) is 5.56 Å². The summed E-state index contributed by atoms with van der Waals surface area (Å²) in [4.78, 5) is 14.1. The van der Waals surface area contributed by atoms with E-state index in [1.165, 1.54) is 0 Å². The zero-order valence-corrected chi connectivity index (χ0v) is 14.3. The van der Waals surface area contributed by atoms with Crippen molar-refractivity contribution in [2.24, 2.45) is 0 Å². The van der Waals surface area contributed by atoms with Crippen molar-refractivity contribution >= 4 is 23.2 Å². The smallest absolute Gasteiger partial charge is 0.262 e. The molecule has 0 radical (unpaired) electrons. The van der Waals surface area contributed by atoms with Gasteiger partial charge in [0.05, 0.1) is 19.3 Å². The maximum Gasteiger partial charge on any atom is 0.262 e. The Bertz CT molecular complexity index is 751. The Morgan fingerprint density at radius 1 is 1.38 bits per heavy atom. The predicted octanol–water partition coefficient (Wildman–Crippen LogP) is 2.86. The Morgan fingerprint density at radius 2 is 2.17 bits per heavy atom. The average Bonchev–Trinajstić information content (AvgIpc) is 2.61. The lowest BCUT2D eigenvalue weighted by molar-refractivity contribution is -0.127. The number of rotatable bonds is 4. The first-order valence-electron chi connectivity index (χ1n) is 7.67. The van der Waals surface area contributed by atoms with E-state index >= 15 is 0 Å². The molecule has 1 unspecified atom stereocenters. The molecule has 6 heteroatoms. The Morgan fingerprint density at radius 3 is 2.92 bits per heavy atom. The number of ether oxygens (including phenoxy) is 2. The first-order valence-corrected chi connectivity index (χ1v) is 8.05. The lowest BCUT2D eigenvalue weighted by Crippen LogP contribution is -2.47. The number of hydrogen-bond donors (Lipinski definition) is 1. The molecule has 2 aromatic rings. The van der Waals surface area contributed by atoms with Gasteiger partial charge in [0.1, 0.15) is 11.5 Å². The van der Waals surface area contributed by atoms with Crippen molar-refractivity contribution in [3.05, 3.63) is 53.1 Å². The fraction of sp³-hybridized carbons (Fsp3) is 0.278. The fourth-order valence-electron chi connectivity index (χ4n) is 2.83. The number of fused-ring (bicyclic) bond motifs is 1. The number of methoxy groups -OCH3 is 1. The second-order valence-corrected chi connectivity index (χ2v) is 5.96. The molecule has 24 heavy (non-hydrogen) atoms. The van der Waals surface area contributed by atoms with Crippen LogP contribution in [0, 0.1) is 0 Å². The number of halogens is 1. The number of benzene rings is 2. The largest absolute Gasteiger partial charge is 0.496 e. The van der Waals surface area contributed by atoms with Gasteiger partial charge in [-0.15, -0.1) is 0 Å². The van der Waals surface area contributed by atoms with Crippen LogP contribution < -0.4 is 19.7 Å². The summed E-state index contributed by atoms with van der Waals surface area (Å²) in [5, 5.41) is 3.29. The van der Waals surface area contributed by atoms with Crippen LogP contribution in [0.25, 0.3) is 0 Å². The summed E-state index contributed by atoms with van der Waals surface area (Å²) in [5.74, 6) is 1.31. The van der Waals surface area contributed by atoms with Gasteiger partial charge in [-0.25, -0.2) is 0 Å². The van der Waals surface area contributed by atoms with Crippen molar-refractivity contribution in [3.8, 4) is 11.5 Å². The van der Waals surface area contributed by atoms with E-state index in [0.717, 1.165) is 17.0 Å². The zero-order valence-electron chi connectivity index (χ0n) is 13.6. The molecule has 1 aliphatic rings. The third kappa shape index (κ3) is 3.26. The highest BCUT2D eigenvalue weighted by molar-refractivity contribution is 6.30. The van der Waals surface area contributed by atoms with Crippen molar-refractivity contribution in [2.75, 3.05) is 25.6 Å². The van der Waals surface area contributed by atoms with Gasteiger partial charge in [-0.3, -0.25) is 4.79 Å². The third-order valence-corrected chi connectivity index (χ3v) is 4.24. The van der Waals surface area contributed by atoms with Crippen molar-refractivity contribution in [3.63, 3.8) is 0 Å². The number of hydrogen-bond acceptors (Lipinski definition) is 4. The SMILES string of the molecule is CNC(=O)C1CN(Cc2cc(Cl)ccc2OC)c2ccccc2O1. The minimum atomic E-state index is -0.560. The van der Waals surface area contributed by atoms with E-state index in [1.807, 2.05) is 36.4 Å². The van der Waals surface area contributed by atoms with Gasteiger partial charge in [0, 0.05) is 24.2 Å². The van der Waals surface area contributed by atoms with E-state index in [-0.39, 0.29) is 5.91 Å². The molecule has 126 valence electrons. The summed E-state index contributed by atoms with van der Waals surface area (Å²) in [6.07, 6.45) is -0.560. The summed E-state index contributed by atoms with van der Waals surface area (Å²) < 4.78 is 11.3. The predicted molar refractivity (Wildman–Crippen MR) is 94.0 cm³/mol. The van der Waals surface area contributed by atoms with Crippen LogP contribution in [0.5, 0.6) is 11.5 Å². The van der Waals surface area contributed by atoms with E-state index < -0.39 is 6.10 Å². The normalized spacial score (nSPS) is 16.1. The molecule has 0 spiro atoms. The topological polar surface area (TPSA) is 50.8 Å². The van der Waals surface area contributed by atoms with Gasteiger partial charge in [0.2, 0.25) is 0 Å². The fourth-order valence-corrected chi connectivity index (χ4v) is 3.03. The van der Waals surface area contributed by atoms with Crippen LogP contribution in [0.4, 0.5) is 5.69 Å². The molecule has 1 amide bonds. The molecule has 0 aromatic heterocycles. The van der Waals surface area contributed by atoms with Crippen LogP contribution in [0.2, 0.25) is 5.02 Å². The molecule has 1 atom stereocenters. The Kier molecular flexibility index (Phi) is 4.81. The van der Waals surface area contributed by atoms with Gasteiger partial charge >= 0.3 is 0 Å². The number of para-hydroxylation sites is 2. The van der Waals surface area contributed by atoms with E-state index in [0.29, 0.717) is 23.9 Å². The molecule has 3 rings (SSSR count). The van der Waals surface area contributed by atoms with Crippen molar-refractivity contribution < 1.29 is 14.3 Å². The Hall–Kier alpha value is -2.40. The maximum absolute atomic E-state index is 12.0. The van der Waals surface area contributed by atoms with Gasteiger partial charge in [0.15, 0.2) is 6.10 Å². The standard InChI is InChI=1S/C18H19ClN2O3/c1-20-18(22)17-11-21(14-5-3-4-6-16(14)24-17)10-12-9-13(19)7-8-15(12)23-2/h3-9,17H,10-11H2,1-2H3,(H,20,22). The number of likely N-dealkylation sites (N-methyl/N-ethyl adjacent to an activating group) is 1. The van der Waals surface area contributed by atoms with E-state index in [9.17, 15) is 4.79 Å². The summed E-state index contributed by atoms with van der Waals surface area (Å²) in [5.41, 5.74) is 1.90. The van der Waals surface area contributed by atoms with Crippen LogP contribution in [0.3, 0.4) is 0 Å². The second kappa shape index (κ2) is 7.01. The first kappa shape index (κ1) is 16.5. The highest BCUT2D eigenvalue weighted by Gasteiger charge is 2.30. The molecule has 2 aromatic carbocycles. The third-order valence-electron chi connectivity index (χ3n) is 4.00. The van der Waals surface area contributed by atoms with Crippen LogP contribution in [-0.4, -0.2) is 32.7 Å². The summed E-state index contributed by atoms with van der Waals surface area (Å²) in [7, 11) is 3.24.